The highest BCUT2D eigenvalue weighted by molar-refractivity contribution is 8.00. The van der Waals surface area contributed by atoms with Crippen LogP contribution in [0.5, 0.6) is 0 Å². The van der Waals surface area contributed by atoms with E-state index in [1.807, 2.05) is 11.8 Å². The molecule has 2 amide bonds. The molecule has 0 aromatic rings. The Hall–Kier alpha value is -1.00. The van der Waals surface area contributed by atoms with Crippen molar-refractivity contribution >= 4 is 23.9 Å². The van der Waals surface area contributed by atoms with Gasteiger partial charge in [-0.05, 0) is 12.8 Å². The molecular weight excluding hydrogens is 226 g/mol. The maximum atomic E-state index is 11.1. The number of isocyanates is 1. The number of hydrogen-bond acceptors (Lipinski definition) is 4. The fourth-order valence-electron chi connectivity index (χ4n) is 2.23. The van der Waals surface area contributed by atoms with E-state index in [9.17, 15) is 9.59 Å². The highest BCUT2D eigenvalue weighted by Crippen LogP contribution is 2.32. The molecule has 0 bridgehead atoms. The van der Waals surface area contributed by atoms with Crippen LogP contribution in [0.3, 0.4) is 0 Å². The summed E-state index contributed by atoms with van der Waals surface area (Å²) in [6.07, 6.45) is 4.58. The van der Waals surface area contributed by atoms with Gasteiger partial charge in [0.25, 0.3) is 0 Å². The van der Waals surface area contributed by atoms with Gasteiger partial charge >= 0.3 is 6.03 Å². The molecule has 0 aliphatic carbocycles. The van der Waals surface area contributed by atoms with Crippen LogP contribution in [0.25, 0.3) is 0 Å². The van der Waals surface area contributed by atoms with Crippen molar-refractivity contribution in [3.05, 3.63) is 0 Å². The molecule has 2 rings (SSSR count). The first-order valence-electron chi connectivity index (χ1n) is 5.53. The van der Waals surface area contributed by atoms with E-state index in [-0.39, 0.29) is 12.1 Å². The third-order valence-electron chi connectivity index (χ3n) is 3.01. The van der Waals surface area contributed by atoms with Crippen molar-refractivity contribution in [1.29, 1.82) is 0 Å². The van der Waals surface area contributed by atoms with E-state index in [2.05, 4.69) is 15.6 Å². The van der Waals surface area contributed by atoms with Crippen molar-refractivity contribution in [2.24, 2.45) is 4.99 Å². The first-order valence-corrected chi connectivity index (χ1v) is 6.58. The van der Waals surface area contributed by atoms with Crippen molar-refractivity contribution in [3.8, 4) is 0 Å². The molecule has 88 valence electrons. The normalized spacial score (nSPS) is 31.5. The number of amides is 2. The number of aliphatic imine (C=N–C) groups is 1. The quantitative estimate of drug-likeness (QED) is 0.321. The Kier molecular flexibility index (Phi) is 3.85. The molecule has 0 radical (unpaired) electrons. The molecule has 2 N–H and O–H groups in total. The molecule has 6 heteroatoms. The summed E-state index contributed by atoms with van der Waals surface area (Å²) >= 11 is 1.92. The number of thioether (sulfide) groups is 1. The highest BCUT2D eigenvalue weighted by atomic mass is 32.2. The number of nitrogens with one attached hydrogen (secondary N) is 2. The van der Waals surface area contributed by atoms with Crippen LogP contribution in [0.4, 0.5) is 4.79 Å². The number of fused-ring (bicyclic) bond motifs is 1. The number of hydrogen-bond donors (Lipinski definition) is 2. The van der Waals surface area contributed by atoms with Gasteiger partial charge in [-0.3, -0.25) is 0 Å². The molecule has 16 heavy (non-hydrogen) atoms. The van der Waals surface area contributed by atoms with Crippen molar-refractivity contribution in [1.82, 2.24) is 10.6 Å². The van der Waals surface area contributed by atoms with Gasteiger partial charge in [-0.1, -0.05) is 6.42 Å². The van der Waals surface area contributed by atoms with E-state index in [0.717, 1.165) is 25.0 Å². The van der Waals surface area contributed by atoms with Crippen molar-refractivity contribution in [2.75, 3.05) is 12.3 Å². The van der Waals surface area contributed by atoms with Crippen LogP contribution < -0.4 is 10.6 Å². The van der Waals surface area contributed by atoms with Crippen molar-refractivity contribution in [3.63, 3.8) is 0 Å². The van der Waals surface area contributed by atoms with E-state index >= 15 is 0 Å². The summed E-state index contributed by atoms with van der Waals surface area (Å²) in [4.78, 5) is 24.5. The van der Waals surface area contributed by atoms with Crippen LogP contribution in [-0.4, -0.2) is 41.7 Å². The monoisotopic (exact) mass is 241 g/mol. The minimum atomic E-state index is -0.0362. The van der Waals surface area contributed by atoms with Crippen LogP contribution in [-0.2, 0) is 4.79 Å². The van der Waals surface area contributed by atoms with Gasteiger partial charge in [0, 0.05) is 11.0 Å². The zero-order valence-electron chi connectivity index (χ0n) is 8.94. The summed E-state index contributed by atoms with van der Waals surface area (Å²) in [5, 5.41) is 6.38. The summed E-state index contributed by atoms with van der Waals surface area (Å²) in [7, 11) is 0. The minimum Gasteiger partial charge on any atom is -0.332 e. The number of nitrogens with zero attached hydrogens (tertiary/aromatic N) is 1. The van der Waals surface area contributed by atoms with Gasteiger partial charge in [0.15, 0.2) is 0 Å². The Morgan fingerprint density at radius 3 is 3.12 bits per heavy atom. The Balaban J connectivity index is 1.70. The fraction of sp³-hybridized carbons (Fsp3) is 0.800. The lowest BCUT2D eigenvalue weighted by atomic mass is 10.0. The minimum absolute atomic E-state index is 0.0362. The lowest BCUT2D eigenvalue weighted by molar-refractivity contribution is 0.247. The molecule has 2 heterocycles. The molecule has 2 aliphatic rings. The van der Waals surface area contributed by atoms with Crippen LogP contribution in [0, 0.1) is 0 Å². The first-order chi connectivity index (χ1) is 7.81. The summed E-state index contributed by atoms with van der Waals surface area (Å²) in [5.41, 5.74) is 0. The Bertz CT molecular complexity index is 317. The molecule has 3 atom stereocenters. The largest absolute Gasteiger partial charge is 0.332 e. The molecule has 0 aromatic carbocycles. The predicted molar refractivity (Wildman–Crippen MR) is 62.3 cm³/mol. The van der Waals surface area contributed by atoms with Gasteiger partial charge in [0.05, 0.1) is 18.6 Å². The average Bonchev–Trinajstić information content (AvgIpc) is 2.78. The zero-order chi connectivity index (χ0) is 11.4. The third-order valence-corrected chi connectivity index (χ3v) is 4.52. The van der Waals surface area contributed by atoms with Crippen LogP contribution in [0.1, 0.15) is 19.3 Å². The van der Waals surface area contributed by atoms with E-state index < -0.39 is 0 Å². The third kappa shape index (κ3) is 2.57. The maximum Gasteiger partial charge on any atom is 0.315 e. The van der Waals surface area contributed by atoms with E-state index in [1.165, 1.54) is 0 Å². The molecule has 2 unspecified atom stereocenters. The summed E-state index contributed by atoms with van der Waals surface area (Å²) in [6.45, 7) is 0.569. The average molecular weight is 241 g/mol. The van der Waals surface area contributed by atoms with Crippen LogP contribution in [0.2, 0.25) is 0 Å². The predicted octanol–water partition coefficient (Wildman–Crippen LogP) is 0.658. The SMILES string of the molecule is O=C=NCCCC[C@@H]1SCC2NC(=O)NC21. The van der Waals surface area contributed by atoms with Crippen LogP contribution in [0.15, 0.2) is 4.99 Å². The second-order valence-corrected chi connectivity index (χ2v) is 5.36. The lowest BCUT2D eigenvalue weighted by Gasteiger charge is -2.15. The highest BCUT2D eigenvalue weighted by Gasteiger charge is 2.42. The molecule has 0 saturated carbocycles. The Morgan fingerprint density at radius 1 is 1.44 bits per heavy atom. The van der Waals surface area contributed by atoms with Gasteiger partial charge in [-0.25, -0.2) is 14.6 Å². The van der Waals surface area contributed by atoms with Gasteiger partial charge in [0.1, 0.15) is 0 Å². The van der Waals surface area contributed by atoms with Crippen LogP contribution >= 0.6 is 11.8 Å². The molecule has 2 aliphatic heterocycles. The molecular formula is C10H15N3O2S. The zero-order valence-corrected chi connectivity index (χ0v) is 9.76. The number of rotatable bonds is 5. The van der Waals surface area contributed by atoms with E-state index in [0.29, 0.717) is 17.8 Å². The second kappa shape index (κ2) is 5.37. The number of carbonyl (C=O) groups is 1. The maximum absolute atomic E-state index is 11.1. The smallest absolute Gasteiger partial charge is 0.315 e. The Morgan fingerprint density at radius 2 is 2.31 bits per heavy atom. The first kappa shape index (κ1) is 11.5. The van der Waals surface area contributed by atoms with Crippen molar-refractivity contribution in [2.45, 2.75) is 36.6 Å². The van der Waals surface area contributed by atoms with Gasteiger partial charge < -0.3 is 10.6 Å². The molecule has 0 spiro atoms. The summed E-state index contributed by atoms with van der Waals surface area (Å²) in [6, 6.07) is 0.549. The summed E-state index contributed by atoms with van der Waals surface area (Å²) in [5.74, 6) is 1.00. The lowest BCUT2D eigenvalue weighted by Crippen LogP contribution is -2.36. The Labute approximate surface area is 98.5 Å². The molecule has 2 fully saturated rings. The second-order valence-electron chi connectivity index (χ2n) is 4.09. The topological polar surface area (TPSA) is 70.6 Å². The van der Waals surface area contributed by atoms with Gasteiger partial charge in [0.2, 0.25) is 6.08 Å². The number of urea groups is 1. The fourth-order valence-corrected chi connectivity index (χ4v) is 3.77. The molecule has 5 nitrogen and oxygen atoms in total. The number of unbranched alkanes of at least 4 members (excludes halogenated alkanes) is 1. The molecule has 2 saturated heterocycles. The summed E-state index contributed by atoms with van der Waals surface area (Å²) < 4.78 is 0. The van der Waals surface area contributed by atoms with E-state index in [4.69, 9.17) is 0 Å². The molecule has 0 aromatic heterocycles. The van der Waals surface area contributed by atoms with Crippen molar-refractivity contribution < 1.29 is 9.59 Å². The van der Waals surface area contributed by atoms with Gasteiger partial charge in [-0.2, -0.15) is 11.8 Å². The van der Waals surface area contributed by atoms with E-state index in [1.54, 1.807) is 6.08 Å². The number of carbonyl (C=O) groups excluding carboxylic acids is 2. The standard InChI is InChI=1S/C10H15N3O2S/c14-6-11-4-2-1-3-8-9-7(5-16-8)12-10(15)13-9/h7-9H,1-5H2,(H2,12,13,15)/t7?,8-,9?/m0/s1. The van der Waals surface area contributed by atoms with Gasteiger partial charge in [-0.15, -0.1) is 0 Å².